The third-order valence-corrected chi connectivity index (χ3v) is 4.02. The lowest BCUT2D eigenvalue weighted by molar-refractivity contribution is 0.101. The number of carbonyl (C=O) groups is 1. The number of carbonyl (C=O) groups excluding carboxylic acids is 1. The molecule has 0 fully saturated rings. The molecule has 1 N–H and O–H groups in total. The first kappa shape index (κ1) is 14.2. The van der Waals surface area contributed by atoms with E-state index in [1.807, 2.05) is 36.6 Å². The molecule has 2 aromatic rings. The Balaban J connectivity index is 2.28. The summed E-state index contributed by atoms with van der Waals surface area (Å²) in [5.41, 5.74) is 2.35. The van der Waals surface area contributed by atoms with Crippen LogP contribution in [-0.2, 0) is 6.54 Å². The maximum Gasteiger partial charge on any atom is 0.272 e. The quantitative estimate of drug-likeness (QED) is 0.877. The second kappa shape index (κ2) is 5.80. The molecule has 1 aromatic heterocycles. The molecule has 19 heavy (non-hydrogen) atoms. The van der Waals surface area contributed by atoms with Crippen LogP contribution in [0.25, 0.3) is 0 Å². The number of amides is 1. The van der Waals surface area contributed by atoms with Crippen molar-refractivity contribution in [1.29, 1.82) is 0 Å². The molecule has 5 heteroatoms. The Bertz CT molecular complexity index is 622. The fourth-order valence-corrected chi connectivity index (χ4v) is 2.44. The molecule has 0 aliphatic rings. The van der Waals surface area contributed by atoms with Gasteiger partial charge < -0.3 is 9.88 Å². The number of hydrogen-bond donors (Lipinski definition) is 1. The van der Waals surface area contributed by atoms with Crippen molar-refractivity contribution in [2.75, 3.05) is 5.32 Å². The minimum atomic E-state index is -0.157. The summed E-state index contributed by atoms with van der Waals surface area (Å²) in [6, 6.07) is 7.38. The lowest BCUT2D eigenvalue weighted by atomic mass is 10.2. The van der Waals surface area contributed by atoms with Gasteiger partial charge in [0.1, 0.15) is 5.69 Å². The maximum absolute atomic E-state index is 12.3. The fourth-order valence-electron chi connectivity index (χ4n) is 1.86. The minimum absolute atomic E-state index is 0.157. The summed E-state index contributed by atoms with van der Waals surface area (Å²) in [5.74, 6) is -0.157. The van der Waals surface area contributed by atoms with E-state index in [1.54, 1.807) is 12.3 Å². The molecule has 0 aliphatic carbocycles. The molecule has 0 saturated carbocycles. The Morgan fingerprint density at radius 3 is 2.89 bits per heavy atom. The third-order valence-electron chi connectivity index (χ3n) is 2.95. The normalized spacial score (nSPS) is 10.5. The Labute approximate surface area is 125 Å². The Morgan fingerprint density at radius 2 is 2.21 bits per heavy atom. The van der Waals surface area contributed by atoms with Crippen molar-refractivity contribution in [2.24, 2.45) is 0 Å². The van der Waals surface area contributed by atoms with Crippen LogP contribution in [0, 0.1) is 6.92 Å². The van der Waals surface area contributed by atoms with Gasteiger partial charge in [-0.25, -0.2) is 0 Å². The molecule has 0 spiro atoms. The predicted molar refractivity (Wildman–Crippen MR) is 81.9 cm³/mol. The molecule has 3 nitrogen and oxygen atoms in total. The van der Waals surface area contributed by atoms with Crippen LogP contribution in [0.1, 0.15) is 23.0 Å². The zero-order chi connectivity index (χ0) is 14.0. The number of aryl methyl sites for hydroxylation is 1. The highest BCUT2D eigenvalue weighted by molar-refractivity contribution is 9.10. The van der Waals surface area contributed by atoms with Gasteiger partial charge in [0.2, 0.25) is 0 Å². The minimum Gasteiger partial charge on any atom is -0.342 e. The molecule has 2 rings (SSSR count). The van der Waals surface area contributed by atoms with Gasteiger partial charge in [-0.1, -0.05) is 33.6 Å². The third kappa shape index (κ3) is 3.01. The number of halogens is 2. The van der Waals surface area contributed by atoms with Crippen LogP contribution in [-0.4, -0.2) is 10.5 Å². The number of hydrogen-bond acceptors (Lipinski definition) is 1. The predicted octanol–water partition coefficient (Wildman–Crippen LogP) is 4.48. The molecule has 0 bridgehead atoms. The van der Waals surface area contributed by atoms with E-state index in [-0.39, 0.29) is 5.91 Å². The molecule has 0 atom stereocenters. The van der Waals surface area contributed by atoms with Crippen LogP contribution in [0.3, 0.4) is 0 Å². The van der Waals surface area contributed by atoms with Crippen LogP contribution in [0.15, 0.2) is 34.9 Å². The van der Waals surface area contributed by atoms with E-state index in [1.165, 1.54) is 0 Å². The fraction of sp³-hybridized carbons (Fsp3) is 0.214. The summed E-state index contributed by atoms with van der Waals surface area (Å²) < 4.78 is 2.79. The van der Waals surface area contributed by atoms with E-state index in [0.29, 0.717) is 17.3 Å². The average molecular weight is 342 g/mol. The van der Waals surface area contributed by atoms with Crippen molar-refractivity contribution in [3.63, 3.8) is 0 Å². The zero-order valence-electron chi connectivity index (χ0n) is 10.7. The van der Waals surface area contributed by atoms with Gasteiger partial charge in [-0.2, -0.15) is 0 Å². The highest BCUT2D eigenvalue weighted by Gasteiger charge is 2.14. The van der Waals surface area contributed by atoms with Crippen LogP contribution >= 0.6 is 27.5 Å². The molecule has 0 radical (unpaired) electrons. The summed E-state index contributed by atoms with van der Waals surface area (Å²) in [7, 11) is 0. The molecule has 1 amide bonds. The highest BCUT2D eigenvalue weighted by atomic mass is 79.9. The number of nitrogens with one attached hydrogen (secondary N) is 1. The van der Waals surface area contributed by atoms with Crippen molar-refractivity contribution in [1.82, 2.24) is 4.57 Å². The molecule has 0 aliphatic heterocycles. The second-order valence-electron chi connectivity index (χ2n) is 4.20. The smallest absolute Gasteiger partial charge is 0.272 e. The number of anilines is 1. The summed E-state index contributed by atoms with van der Waals surface area (Å²) >= 11 is 9.39. The topological polar surface area (TPSA) is 34.0 Å². The summed E-state index contributed by atoms with van der Waals surface area (Å²) in [6.45, 7) is 4.62. The van der Waals surface area contributed by atoms with Gasteiger partial charge in [0.25, 0.3) is 5.91 Å². The standard InChI is InChI=1S/C14H14BrClN2O/c1-3-18-8-10(16)7-13(18)14(19)17-12-6-4-5-11(15)9(12)2/h4-8H,3H2,1-2H3,(H,17,19). The summed E-state index contributed by atoms with van der Waals surface area (Å²) in [6.07, 6.45) is 1.75. The Morgan fingerprint density at radius 1 is 1.47 bits per heavy atom. The molecular weight excluding hydrogens is 328 g/mol. The van der Waals surface area contributed by atoms with Gasteiger partial charge in [0.05, 0.1) is 5.02 Å². The van der Waals surface area contributed by atoms with E-state index in [0.717, 1.165) is 15.7 Å². The molecule has 0 saturated heterocycles. The van der Waals surface area contributed by atoms with Gasteiger partial charge in [-0.15, -0.1) is 0 Å². The summed E-state index contributed by atoms with van der Waals surface area (Å²) in [5, 5.41) is 3.47. The Hall–Kier alpha value is -1.26. The second-order valence-corrected chi connectivity index (χ2v) is 5.49. The van der Waals surface area contributed by atoms with E-state index in [4.69, 9.17) is 11.6 Å². The van der Waals surface area contributed by atoms with Gasteiger partial charge in [0.15, 0.2) is 0 Å². The van der Waals surface area contributed by atoms with Gasteiger partial charge in [-0.05, 0) is 37.6 Å². The molecule has 1 heterocycles. The van der Waals surface area contributed by atoms with E-state index in [2.05, 4.69) is 21.2 Å². The monoisotopic (exact) mass is 340 g/mol. The first-order chi connectivity index (χ1) is 9.02. The largest absolute Gasteiger partial charge is 0.342 e. The zero-order valence-corrected chi connectivity index (χ0v) is 13.0. The molecule has 0 unspecified atom stereocenters. The van der Waals surface area contributed by atoms with Crippen LogP contribution < -0.4 is 5.32 Å². The van der Waals surface area contributed by atoms with E-state index in [9.17, 15) is 4.79 Å². The molecule has 100 valence electrons. The van der Waals surface area contributed by atoms with Crippen LogP contribution in [0.2, 0.25) is 5.02 Å². The SMILES string of the molecule is CCn1cc(Cl)cc1C(=O)Nc1cccc(Br)c1C. The highest BCUT2D eigenvalue weighted by Crippen LogP contribution is 2.24. The van der Waals surface area contributed by atoms with Crippen molar-refractivity contribution < 1.29 is 4.79 Å². The first-order valence-electron chi connectivity index (χ1n) is 5.95. The lowest BCUT2D eigenvalue weighted by Crippen LogP contribution is -2.17. The van der Waals surface area contributed by atoms with Crippen molar-refractivity contribution >= 4 is 39.1 Å². The van der Waals surface area contributed by atoms with Crippen molar-refractivity contribution in [3.8, 4) is 0 Å². The van der Waals surface area contributed by atoms with E-state index >= 15 is 0 Å². The number of aromatic nitrogens is 1. The van der Waals surface area contributed by atoms with Gasteiger partial charge in [-0.3, -0.25) is 4.79 Å². The van der Waals surface area contributed by atoms with Crippen LogP contribution in [0.4, 0.5) is 5.69 Å². The first-order valence-corrected chi connectivity index (χ1v) is 7.12. The molecular formula is C14H14BrClN2O. The Kier molecular flexibility index (Phi) is 4.32. The summed E-state index contributed by atoms with van der Waals surface area (Å²) in [4.78, 5) is 12.3. The van der Waals surface area contributed by atoms with Crippen molar-refractivity contribution in [2.45, 2.75) is 20.4 Å². The van der Waals surface area contributed by atoms with Crippen molar-refractivity contribution in [3.05, 3.63) is 51.2 Å². The lowest BCUT2D eigenvalue weighted by Gasteiger charge is -2.10. The van der Waals surface area contributed by atoms with E-state index < -0.39 is 0 Å². The average Bonchev–Trinajstić information content (AvgIpc) is 2.76. The van der Waals surface area contributed by atoms with Gasteiger partial charge >= 0.3 is 0 Å². The molecule has 1 aromatic carbocycles. The van der Waals surface area contributed by atoms with Gasteiger partial charge in [0, 0.05) is 22.9 Å². The number of benzene rings is 1. The van der Waals surface area contributed by atoms with Crippen LogP contribution in [0.5, 0.6) is 0 Å². The number of rotatable bonds is 3. The number of nitrogens with zero attached hydrogens (tertiary/aromatic N) is 1. The maximum atomic E-state index is 12.3.